The van der Waals surface area contributed by atoms with Gasteiger partial charge in [0, 0.05) is 0 Å². The van der Waals surface area contributed by atoms with Crippen molar-refractivity contribution in [3.05, 3.63) is 29.3 Å². The molecule has 0 radical (unpaired) electrons. The quantitative estimate of drug-likeness (QED) is 0.836. The van der Waals surface area contributed by atoms with Gasteiger partial charge in [0.1, 0.15) is 5.75 Å². The summed E-state index contributed by atoms with van der Waals surface area (Å²) in [6.45, 7) is 1.78. The van der Waals surface area contributed by atoms with Crippen LogP contribution in [0.4, 0.5) is 13.2 Å². The Hall–Kier alpha value is -1.72. The van der Waals surface area contributed by atoms with Crippen molar-refractivity contribution < 1.29 is 27.8 Å². The third-order valence-electron chi connectivity index (χ3n) is 2.02. The molecular formula is C11H11F3O3. The summed E-state index contributed by atoms with van der Waals surface area (Å²) in [6.07, 6.45) is -4.90. The van der Waals surface area contributed by atoms with Crippen LogP contribution < -0.4 is 0 Å². The van der Waals surface area contributed by atoms with Gasteiger partial charge in [-0.2, -0.15) is 13.2 Å². The number of aromatic hydroxyl groups is 1. The topological polar surface area (TPSA) is 46.5 Å². The van der Waals surface area contributed by atoms with Gasteiger partial charge in [0.2, 0.25) is 0 Å². The largest absolute Gasteiger partial charge is 0.507 e. The number of hydrogen-bond donors (Lipinski definition) is 1. The molecule has 0 saturated heterocycles. The van der Waals surface area contributed by atoms with Crippen molar-refractivity contribution in [1.82, 2.24) is 0 Å². The summed E-state index contributed by atoms with van der Waals surface area (Å²) in [6, 6.07) is 2.91. The highest BCUT2D eigenvalue weighted by atomic mass is 19.4. The number of alkyl halides is 3. The maximum atomic E-state index is 12.4. The number of phenols is 1. The van der Waals surface area contributed by atoms with Crippen molar-refractivity contribution in [2.45, 2.75) is 19.5 Å². The van der Waals surface area contributed by atoms with Gasteiger partial charge in [-0.1, -0.05) is 6.07 Å². The van der Waals surface area contributed by atoms with Crippen molar-refractivity contribution >= 4 is 5.97 Å². The summed E-state index contributed by atoms with van der Waals surface area (Å²) in [4.78, 5) is 11.1. The minimum absolute atomic E-state index is 0.147. The van der Waals surface area contributed by atoms with E-state index >= 15 is 0 Å². The first-order chi connectivity index (χ1) is 7.84. The molecule has 6 heteroatoms. The van der Waals surface area contributed by atoms with Gasteiger partial charge in [0.25, 0.3) is 0 Å². The molecule has 0 aliphatic heterocycles. The molecule has 0 saturated carbocycles. The molecule has 0 fully saturated rings. The Balaban J connectivity index is 2.93. The number of carbonyl (C=O) groups excluding carboxylic acids is 1. The molecule has 0 atom stereocenters. The summed E-state index contributed by atoms with van der Waals surface area (Å²) >= 11 is 0. The number of carbonyl (C=O) groups is 1. The maximum Gasteiger partial charge on any atom is 0.419 e. The van der Waals surface area contributed by atoms with Crippen LogP contribution in [-0.4, -0.2) is 17.7 Å². The summed E-state index contributed by atoms with van der Waals surface area (Å²) in [5.41, 5.74) is -1.01. The van der Waals surface area contributed by atoms with Crippen LogP contribution >= 0.6 is 0 Å². The van der Waals surface area contributed by atoms with E-state index in [4.69, 9.17) is 5.11 Å². The average Bonchev–Trinajstić information content (AvgIpc) is 2.19. The van der Waals surface area contributed by atoms with E-state index in [1.807, 2.05) is 0 Å². The lowest BCUT2D eigenvalue weighted by Gasteiger charge is -2.10. The van der Waals surface area contributed by atoms with E-state index in [-0.39, 0.29) is 18.6 Å². The standard InChI is InChI=1S/C11H11F3O3/c1-2-17-10(16)6-7-3-4-9(15)8(5-7)11(12,13)14/h3-5,15H,2,6H2,1H3. The predicted molar refractivity (Wildman–Crippen MR) is 53.4 cm³/mol. The summed E-state index contributed by atoms with van der Waals surface area (Å²) < 4.78 is 41.9. The fourth-order valence-electron chi connectivity index (χ4n) is 1.30. The molecule has 1 N–H and O–H groups in total. The number of rotatable bonds is 3. The lowest BCUT2D eigenvalue weighted by molar-refractivity contribution is -0.143. The predicted octanol–water partition coefficient (Wildman–Crippen LogP) is 2.52. The molecule has 0 bridgehead atoms. The molecule has 3 nitrogen and oxygen atoms in total. The van der Waals surface area contributed by atoms with Gasteiger partial charge < -0.3 is 9.84 Å². The summed E-state index contributed by atoms with van der Waals surface area (Å²) in [5, 5.41) is 9.07. The fourth-order valence-corrected chi connectivity index (χ4v) is 1.30. The average molecular weight is 248 g/mol. The zero-order valence-electron chi connectivity index (χ0n) is 9.04. The zero-order valence-corrected chi connectivity index (χ0v) is 9.04. The fraction of sp³-hybridized carbons (Fsp3) is 0.364. The summed E-state index contributed by atoms with van der Waals surface area (Å²) in [7, 11) is 0. The van der Waals surface area contributed by atoms with E-state index in [2.05, 4.69) is 4.74 Å². The van der Waals surface area contributed by atoms with Crippen molar-refractivity contribution in [3.8, 4) is 5.75 Å². The van der Waals surface area contributed by atoms with E-state index in [0.717, 1.165) is 12.1 Å². The second kappa shape index (κ2) is 5.07. The Kier molecular flexibility index (Phi) is 3.98. The van der Waals surface area contributed by atoms with Crippen molar-refractivity contribution in [1.29, 1.82) is 0 Å². The van der Waals surface area contributed by atoms with E-state index in [1.165, 1.54) is 6.07 Å². The van der Waals surface area contributed by atoms with Crippen LogP contribution in [0.1, 0.15) is 18.1 Å². The normalized spacial score (nSPS) is 11.3. The number of ether oxygens (including phenoxy) is 1. The van der Waals surface area contributed by atoms with Gasteiger partial charge in [-0.15, -0.1) is 0 Å². The molecule has 0 heterocycles. The monoisotopic (exact) mass is 248 g/mol. The molecular weight excluding hydrogens is 237 g/mol. The van der Waals surface area contributed by atoms with Gasteiger partial charge in [0.15, 0.2) is 0 Å². The molecule has 1 aromatic carbocycles. The summed E-state index contributed by atoms with van der Waals surface area (Å²) in [5.74, 6) is -1.46. The Labute approximate surface area is 95.8 Å². The lowest BCUT2D eigenvalue weighted by atomic mass is 10.1. The molecule has 0 unspecified atom stereocenters. The molecule has 0 aliphatic carbocycles. The smallest absolute Gasteiger partial charge is 0.419 e. The molecule has 94 valence electrons. The number of hydrogen-bond acceptors (Lipinski definition) is 3. The van der Waals surface area contributed by atoms with Gasteiger partial charge in [-0.25, -0.2) is 0 Å². The third-order valence-corrected chi connectivity index (χ3v) is 2.02. The van der Waals surface area contributed by atoms with Gasteiger partial charge in [-0.3, -0.25) is 4.79 Å². The third kappa shape index (κ3) is 3.65. The second-order valence-corrected chi connectivity index (χ2v) is 3.33. The molecule has 0 aliphatic rings. The highest BCUT2D eigenvalue weighted by Crippen LogP contribution is 2.36. The minimum Gasteiger partial charge on any atom is -0.507 e. The van der Waals surface area contributed by atoms with Gasteiger partial charge in [0.05, 0.1) is 18.6 Å². The molecule has 1 aromatic rings. The second-order valence-electron chi connectivity index (χ2n) is 3.33. The molecule has 0 aromatic heterocycles. The first-order valence-corrected chi connectivity index (χ1v) is 4.89. The first kappa shape index (κ1) is 13.3. The lowest BCUT2D eigenvalue weighted by Crippen LogP contribution is -2.10. The van der Waals surface area contributed by atoms with Crippen LogP contribution in [0.5, 0.6) is 5.75 Å². The van der Waals surface area contributed by atoms with E-state index in [0.29, 0.717) is 0 Å². The van der Waals surface area contributed by atoms with Crippen LogP contribution in [0.15, 0.2) is 18.2 Å². The van der Waals surface area contributed by atoms with Crippen LogP contribution in [0, 0.1) is 0 Å². The van der Waals surface area contributed by atoms with Crippen molar-refractivity contribution in [2.24, 2.45) is 0 Å². The highest BCUT2D eigenvalue weighted by molar-refractivity contribution is 5.72. The van der Waals surface area contributed by atoms with Crippen molar-refractivity contribution in [2.75, 3.05) is 6.61 Å². The van der Waals surface area contributed by atoms with E-state index < -0.39 is 23.5 Å². The number of esters is 1. The molecule has 1 rings (SSSR count). The molecule has 17 heavy (non-hydrogen) atoms. The van der Waals surface area contributed by atoms with Crippen LogP contribution in [0.25, 0.3) is 0 Å². The number of phenolic OH excluding ortho intramolecular Hbond substituents is 1. The SMILES string of the molecule is CCOC(=O)Cc1ccc(O)c(C(F)(F)F)c1. The minimum atomic E-state index is -4.64. The van der Waals surface area contributed by atoms with Crippen LogP contribution in [0.3, 0.4) is 0 Å². The van der Waals surface area contributed by atoms with E-state index in [1.54, 1.807) is 6.92 Å². The van der Waals surface area contributed by atoms with Crippen LogP contribution in [-0.2, 0) is 22.1 Å². The first-order valence-electron chi connectivity index (χ1n) is 4.89. The Morgan fingerprint density at radius 2 is 2.06 bits per heavy atom. The van der Waals surface area contributed by atoms with Gasteiger partial charge in [-0.05, 0) is 24.6 Å². The number of halogens is 3. The van der Waals surface area contributed by atoms with Gasteiger partial charge >= 0.3 is 12.1 Å². The number of benzene rings is 1. The highest BCUT2D eigenvalue weighted by Gasteiger charge is 2.34. The molecule has 0 spiro atoms. The Morgan fingerprint density at radius 3 is 2.59 bits per heavy atom. The van der Waals surface area contributed by atoms with Crippen molar-refractivity contribution in [3.63, 3.8) is 0 Å². The zero-order chi connectivity index (χ0) is 13.1. The Morgan fingerprint density at radius 1 is 1.41 bits per heavy atom. The maximum absolute atomic E-state index is 12.4. The van der Waals surface area contributed by atoms with E-state index in [9.17, 15) is 18.0 Å². The Bertz CT molecular complexity index is 413. The molecule has 0 amide bonds. The van der Waals surface area contributed by atoms with Crippen LogP contribution in [0.2, 0.25) is 0 Å².